The van der Waals surface area contributed by atoms with E-state index in [2.05, 4.69) is 4.99 Å². The van der Waals surface area contributed by atoms with Crippen molar-refractivity contribution in [3.8, 4) is 0 Å². The maximum absolute atomic E-state index is 13.9. The summed E-state index contributed by atoms with van der Waals surface area (Å²) < 4.78 is 53.6. The molecule has 1 aliphatic rings. The predicted molar refractivity (Wildman–Crippen MR) is 80.2 cm³/mol. The number of halogens is 4. The number of benzene rings is 1. The van der Waals surface area contributed by atoms with Crippen molar-refractivity contribution in [2.24, 2.45) is 4.99 Å². The second kappa shape index (κ2) is 6.83. The van der Waals surface area contributed by atoms with E-state index in [0.29, 0.717) is 12.8 Å². The molecule has 5 nitrogen and oxygen atoms in total. The van der Waals surface area contributed by atoms with E-state index in [9.17, 15) is 37.7 Å². The van der Waals surface area contributed by atoms with Crippen molar-refractivity contribution in [2.75, 3.05) is 6.61 Å². The molecular weight excluding hydrogens is 346 g/mol. The topological polar surface area (TPSA) is 90.1 Å². The van der Waals surface area contributed by atoms with E-state index in [1.165, 1.54) is 6.92 Å². The van der Waals surface area contributed by atoms with Gasteiger partial charge in [0.05, 0.1) is 23.4 Å². The fourth-order valence-corrected chi connectivity index (χ4v) is 2.29. The molecule has 0 saturated heterocycles. The maximum Gasteiger partial charge on any atom is 0.341 e. The predicted octanol–water partition coefficient (Wildman–Crippen LogP) is 2.97. The van der Waals surface area contributed by atoms with Crippen molar-refractivity contribution in [1.29, 1.82) is 0 Å². The van der Waals surface area contributed by atoms with Gasteiger partial charge in [-0.3, -0.25) is 4.99 Å². The van der Waals surface area contributed by atoms with Crippen molar-refractivity contribution in [2.45, 2.75) is 31.7 Å². The van der Waals surface area contributed by atoms with Crippen molar-refractivity contribution >= 4 is 17.4 Å². The van der Waals surface area contributed by atoms with E-state index >= 15 is 0 Å². The molecule has 2 rings (SSSR count). The summed E-state index contributed by atoms with van der Waals surface area (Å²) in [5.74, 6) is -10.9. The molecule has 1 aliphatic carbocycles. The van der Waals surface area contributed by atoms with Gasteiger partial charge in [-0.1, -0.05) is 6.92 Å². The first-order valence-electron chi connectivity index (χ1n) is 7.37. The van der Waals surface area contributed by atoms with E-state index in [1.807, 2.05) is 0 Å². The van der Waals surface area contributed by atoms with Crippen molar-refractivity contribution in [1.82, 2.24) is 0 Å². The molecule has 1 fully saturated rings. The molecule has 1 aromatic carbocycles. The van der Waals surface area contributed by atoms with Gasteiger partial charge in [-0.05, 0) is 25.3 Å². The van der Waals surface area contributed by atoms with E-state index in [4.69, 9.17) is 0 Å². The second-order valence-electron chi connectivity index (χ2n) is 5.67. The smallest absolute Gasteiger partial charge is 0.341 e. The van der Waals surface area contributed by atoms with E-state index in [1.54, 1.807) is 0 Å². The Hall–Kier alpha value is -2.42. The van der Waals surface area contributed by atoms with Crippen LogP contribution in [-0.4, -0.2) is 39.1 Å². The van der Waals surface area contributed by atoms with Crippen molar-refractivity contribution in [3.63, 3.8) is 0 Å². The first-order valence-corrected chi connectivity index (χ1v) is 7.37. The van der Waals surface area contributed by atoms with Crippen LogP contribution in [0.4, 0.5) is 17.6 Å². The number of nitrogens with zero attached hydrogens (tertiary/aromatic N) is 1. The van der Waals surface area contributed by atoms with Crippen LogP contribution in [-0.2, 0) is 4.79 Å². The molecule has 3 N–H and O–H groups in total. The monoisotopic (exact) mass is 361 g/mol. The summed E-state index contributed by atoms with van der Waals surface area (Å²) >= 11 is 0. The van der Waals surface area contributed by atoms with Gasteiger partial charge in [0, 0.05) is 0 Å². The molecule has 0 aromatic heterocycles. The van der Waals surface area contributed by atoms with Gasteiger partial charge >= 0.3 is 5.97 Å². The SMILES string of the molecule is CCC(=NC1(CO)CC1)C(C(=O)O)=C(O)c1cc(F)c(F)c(F)c1F. The third-order valence-corrected chi connectivity index (χ3v) is 3.93. The van der Waals surface area contributed by atoms with Crippen LogP contribution in [0.15, 0.2) is 16.6 Å². The fraction of sp³-hybridized carbons (Fsp3) is 0.375. The third kappa shape index (κ3) is 3.51. The molecule has 0 amide bonds. The number of hydrogen-bond acceptors (Lipinski definition) is 4. The highest BCUT2D eigenvalue weighted by molar-refractivity contribution is 6.23. The first-order chi connectivity index (χ1) is 11.7. The molecule has 0 heterocycles. The molecule has 9 heteroatoms. The Labute approximate surface area is 139 Å². The molecule has 0 aliphatic heterocycles. The molecule has 136 valence electrons. The van der Waals surface area contributed by atoms with Gasteiger partial charge in [0.25, 0.3) is 0 Å². The number of aliphatic carboxylic acids is 1. The van der Waals surface area contributed by atoms with Crippen LogP contribution in [0, 0.1) is 23.3 Å². The van der Waals surface area contributed by atoms with Gasteiger partial charge in [0.2, 0.25) is 0 Å². The number of carbonyl (C=O) groups is 1. The van der Waals surface area contributed by atoms with Crippen LogP contribution in [0.2, 0.25) is 0 Å². The number of carboxylic acids is 1. The minimum atomic E-state index is -2.17. The zero-order valence-electron chi connectivity index (χ0n) is 13.1. The van der Waals surface area contributed by atoms with Crippen LogP contribution < -0.4 is 0 Å². The number of aliphatic imine (C=N–C) groups is 1. The molecule has 0 atom stereocenters. The molecule has 1 aromatic rings. The third-order valence-electron chi connectivity index (χ3n) is 3.93. The summed E-state index contributed by atoms with van der Waals surface area (Å²) in [6.07, 6.45) is 0.977. The van der Waals surface area contributed by atoms with Crippen LogP contribution in [0.25, 0.3) is 5.76 Å². The van der Waals surface area contributed by atoms with Crippen LogP contribution in [0.3, 0.4) is 0 Å². The lowest BCUT2D eigenvalue weighted by Crippen LogP contribution is -2.20. The lowest BCUT2D eigenvalue weighted by atomic mass is 10.0. The Balaban J connectivity index is 2.68. The quantitative estimate of drug-likeness (QED) is 0.181. The van der Waals surface area contributed by atoms with Crippen LogP contribution >= 0.6 is 0 Å². The number of hydrogen-bond donors (Lipinski definition) is 3. The molecule has 0 spiro atoms. The normalized spacial score (nSPS) is 17.3. The number of aliphatic hydroxyl groups excluding tert-OH is 2. The van der Waals surface area contributed by atoms with Crippen LogP contribution in [0.5, 0.6) is 0 Å². The molecular formula is C16H15F4NO4. The van der Waals surface area contributed by atoms with Gasteiger partial charge in [-0.2, -0.15) is 0 Å². The summed E-state index contributed by atoms with van der Waals surface area (Å²) in [5.41, 5.74) is -3.05. The fourth-order valence-electron chi connectivity index (χ4n) is 2.29. The summed E-state index contributed by atoms with van der Waals surface area (Å²) in [7, 11) is 0. The molecule has 0 unspecified atom stereocenters. The maximum atomic E-state index is 13.9. The Morgan fingerprint density at radius 3 is 2.20 bits per heavy atom. The summed E-state index contributed by atoms with van der Waals surface area (Å²) in [6, 6.07) is 0.165. The lowest BCUT2D eigenvalue weighted by Gasteiger charge is -2.14. The standard InChI is InChI=1S/C16H15F4NO4/c1-2-9(21-16(6-22)3-4-16)10(15(24)25)14(23)7-5-8(17)12(19)13(20)11(7)18/h5,22-23H,2-4,6H2,1H3,(H,24,25). The minimum Gasteiger partial charge on any atom is -0.506 e. The highest BCUT2D eigenvalue weighted by Crippen LogP contribution is 2.40. The summed E-state index contributed by atoms with van der Waals surface area (Å²) in [6.45, 7) is 1.16. The Kier molecular flexibility index (Phi) is 5.17. The highest BCUT2D eigenvalue weighted by atomic mass is 19.2. The Bertz CT molecular complexity index is 785. The average Bonchev–Trinajstić information content (AvgIpc) is 3.35. The Morgan fingerprint density at radius 1 is 1.16 bits per heavy atom. The molecule has 25 heavy (non-hydrogen) atoms. The molecule has 1 saturated carbocycles. The largest absolute Gasteiger partial charge is 0.506 e. The van der Waals surface area contributed by atoms with Crippen LogP contribution in [0.1, 0.15) is 31.7 Å². The van der Waals surface area contributed by atoms with Gasteiger partial charge < -0.3 is 15.3 Å². The second-order valence-corrected chi connectivity index (χ2v) is 5.67. The zero-order chi connectivity index (χ0) is 18.9. The average molecular weight is 361 g/mol. The molecule has 0 bridgehead atoms. The lowest BCUT2D eigenvalue weighted by molar-refractivity contribution is -0.132. The van der Waals surface area contributed by atoms with Gasteiger partial charge in [0.1, 0.15) is 11.3 Å². The number of carboxylic acid groups (broad SMARTS) is 1. The highest BCUT2D eigenvalue weighted by Gasteiger charge is 2.43. The van der Waals surface area contributed by atoms with E-state index in [-0.39, 0.29) is 24.8 Å². The zero-order valence-corrected chi connectivity index (χ0v) is 13.1. The van der Waals surface area contributed by atoms with Gasteiger partial charge in [-0.15, -0.1) is 0 Å². The summed E-state index contributed by atoms with van der Waals surface area (Å²) in [4.78, 5) is 15.6. The number of aliphatic hydroxyl groups is 2. The van der Waals surface area contributed by atoms with E-state index < -0.39 is 51.7 Å². The van der Waals surface area contributed by atoms with Gasteiger partial charge in [-0.25, -0.2) is 22.4 Å². The number of rotatable bonds is 6. The van der Waals surface area contributed by atoms with Gasteiger partial charge in [0.15, 0.2) is 23.3 Å². The van der Waals surface area contributed by atoms with E-state index in [0.717, 1.165) is 0 Å². The Morgan fingerprint density at radius 2 is 1.76 bits per heavy atom. The summed E-state index contributed by atoms with van der Waals surface area (Å²) in [5, 5.41) is 28.7. The van der Waals surface area contributed by atoms with Crippen molar-refractivity contribution in [3.05, 3.63) is 40.5 Å². The van der Waals surface area contributed by atoms with Crippen molar-refractivity contribution < 1.29 is 37.7 Å². The molecule has 0 radical (unpaired) electrons. The first kappa shape index (κ1) is 18.9. The minimum absolute atomic E-state index is 0.0127.